The number of nitrogens with zero attached hydrogens (tertiary/aromatic N) is 1. The Kier molecular flexibility index (Phi) is 3.70. The number of ether oxygens (including phenoxy) is 1. The van der Waals surface area contributed by atoms with E-state index in [2.05, 4.69) is 24.0 Å². The number of para-hydroxylation sites is 1. The standard InChI is InChI=1S/C16H15NO3Se/c1-3-17-11-7-5-6-8-12(11)21-13(17)9-10-14(18)15(19)16(10)20-4-2/h5-9H,3-4H2,1-2H3. The first-order valence-electron chi connectivity index (χ1n) is 6.89. The van der Waals surface area contributed by atoms with E-state index in [0.29, 0.717) is 12.2 Å². The minimum atomic E-state index is -0.505. The van der Waals surface area contributed by atoms with E-state index < -0.39 is 10.9 Å². The molecule has 0 atom stereocenters. The van der Waals surface area contributed by atoms with E-state index >= 15 is 0 Å². The third-order valence-electron chi connectivity index (χ3n) is 3.41. The fourth-order valence-corrected chi connectivity index (χ4v) is 4.87. The maximum atomic E-state index is 11.8. The van der Waals surface area contributed by atoms with Gasteiger partial charge in [-0.05, 0) is 0 Å². The van der Waals surface area contributed by atoms with Crippen molar-refractivity contribution < 1.29 is 4.74 Å². The normalized spacial score (nSPS) is 15.7. The molecule has 0 aliphatic carbocycles. The molecule has 1 aliphatic rings. The average Bonchev–Trinajstić information content (AvgIpc) is 2.87. The second kappa shape index (κ2) is 5.51. The Labute approximate surface area is 128 Å². The number of rotatable bonds is 4. The van der Waals surface area contributed by atoms with E-state index in [1.807, 2.05) is 25.1 Å². The summed E-state index contributed by atoms with van der Waals surface area (Å²) in [5.74, 6) is 0.220. The van der Waals surface area contributed by atoms with Crippen molar-refractivity contribution in [3.8, 4) is 5.75 Å². The summed E-state index contributed by atoms with van der Waals surface area (Å²) < 4.78 is 7.68. The summed E-state index contributed by atoms with van der Waals surface area (Å²) >= 11 is 0.149. The van der Waals surface area contributed by atoms with E-state index in [9.17, 15) is 9.59 Å². The molecule has 4 nitrogen and oxygen atoms in total. The molecule has 0 fully saturated rings. The summed E-state index contributed by atoms with van der Waals surface area (Å²) in [5.41, 5.74) is 0.677. The van der Waals surface area contributed by atoms with Crippen LogP contribution in [-0.2, 0) is 0 Å². The van der Waals surface area contributed by atoms with E-state index in [-0.39, 0.29) is 20.7 Å². The van der Waals surface area contributed by atoms with Crippen LogP contribution in [0.5, 0.6) is 5.75 Å². The van der Waals surface area contributed by atoms with Gasteiger partial charge < -0.3 is 0 Å². The van der Waals surface area contributed by atoms with Gasteiger partial charge in [0.2, 0.25) is 0 Å². The first kappa shape index (κ1) is 14.1. The molecular formula is C16H15NO3Se. The zero-order valence-electron chi connectivity index (χ0n) is 11.9. The summed E-state index contributed by atoms with van der Waals surface area (Å²) in [6.07, 6.45) is 1.83. The maximum absolute atomic E-state index is 11.8. The molecule has 1 heterocycles. The van der Waals surface area contributed by atoms with Crippen LogP contribution in [0.4, 0.5) is 5.69 Å². The van der Waals surface area contributed by atoms with Gasteiger partial charge in [0.05, 0.1) is 0 Å². The van der Waals surface area contributed by atoms with Crippen molar-refractivity contribution in [1.82, 2.24) is 0 Å². The Bertz CT molecular complexity index is 787. The van der Waals surface area contributed by atoms with Gasteiger partial charge in [0, 0.05) is 0 Å². The molecule has 108 valence electrons. The fourth-order valence-electron chi connectivity index (χ4n) is 2.42. The molecule has 0 radical (unpaired) electrons. The molecule has 1 aliphatic heterocycles. The first-order valence-corrected chi connectivity index (χ1v) is 8.60. The van der Waals surface area contributed by atoms with Gasteiger partial charge in [-0.3, -0.25) is 0 Å². The Morgan fingerprint density at radius 1 is 1.19 bits per heavy atom. The predicted molar refractivity (Wildman–Crippen MR) is 85.4 cm³/mol. The molecule has 2 aromatic carbocycles. The van der Waals surface area contributed by atoms with Crippen LogP contribution in [0.15, 0.2) is 38.5 Å². The fraction of sp³-hybridized carbons (Fsp3) is 0.250. The van der Waals surface area contributed by atoms with Gasteiger partial charge in [0.15, 0.2) is 0 Å². The van der Waals surface area contributed by atoms with Crippen LogP contribution in [0.2, 0.25) is 0 Å². The van der Waals surface area contributed by atoms with E-state index in [4.69, 9.17) is 4.74 Å². The second-order valence-corrected chi connectivity index (χ2v) is 6.86. The molecule has 0 spiro atoms. The summed E-state index contributed by atoms with van der Waals surface area (Å²) in [7, 11) is 0. The van der Waals surface area contributed by atoms with Gasteiger partial charge in [-0.15, -0.1) is 0 Å². The monoisotopic (exact) mass is 349 g/mol. The molecule has 0 amide bonds. The summed E-state index contributed by atoms with van der Waals surface area (Å²) in [6.45, 7) is 5.12. The third-order valence-corrected chi connectivity index (χ3v) is 5.75. The van der Waals surface area contributed by atoms with Gasteiger partial charge >= 0.3 is 128 Å². The minimum absolute atomic E-state index is 0.149. The topological polar surface area (TPSA) is 46.6 Å². The van der Waals surface area contributed by atoms with Crippen molar-refractivity contribution in [3.63, 3.8) is 0 Å². The van der Waals surface area contributed by atoms with Crippen LogP contribution >= 0.6 is 0 Å². The van der Waals surface area contributed by atoms with E-state index in [1.54, 1.807) is 0 Å². The van der Waals surface area contributed by atoms with Gasteiger partial charge in [-0.25, -0.2) is 0 Å². The zero-order chi connectivity index (χ0) is 15.0. The van der Waals surface area contributed by atoms with Crippen LogP contribution in [-0.4, -0.2) is 28.1 Å². The Balaban J connectivity index is 2.01. The molecule has 2 aromatic rings. The molecule has 3 rings (SSSR count). The van der Waals surface area contributed by atoms with Gasteiger partial charge in [-0.1, -0.05) is 0 Å². The molecule has 0 saturated heterocycles. The molecule has 21 heavy (non-hydrogen) atoms. The summed E-state index contributed by atoms with van der Waals surface area (Å²) in [6, 6.07) is 8.25. The van der Waals surface area contributed by atoms with Crippen molar-refractivity contribution in [2.45, 2.75) is 13.8 Å². The summed E-state index contributed by atoms with van der Waals surface area (Å²) in [5, 5.41) is 0. The van der Waals surface area contributed by atoms with Crippen molar-refractivity contribution in [1.29, 1.82) is 0 Å². The van der Waals surface area contributed by atoms with E-state index in [1.165, 1.54) is 10.1 Å². The molecule has 5 heteroatoms. The SMILES string of the molecule is CCOc1c(C=C2[Se]c3ccccc3N2CC)c(=O)c1=O. The van der Waals surface area contributed by atoms with Crippen LogP contribution in [0.1, 0.15) is 19.4 Å². The van der Waals surface area contributed by atoms with Gasteiger partial charge in [0.1, 0.15) is 0 Å². The van der Waals surface area contributed by atoms with Crippen LogP contribution in [0, 0.1) is 0 Å². The number of fused-ring (bicyclic) bond motifs is 1. The van der Waals surface area contributed by atoms with Crippen molar-refractivity contribution >= 4 is 31.2 Å². The Hall–Kier alpha value is -1.84. The zero-order valence-corrected chi connectivity index (χ0v) is 13.6. The van der Waals surface area contributed by atoms with Gasteiger partial charge in [-0.2, -0.15) is 0 Å². The van der Waals surface area contributed by atoms with Crippen molar-refractivity contribution in [2.75, 3.05) is 18.1 Å². The molecule has 0 aromatic heterocycles. The Morgan fingerprint density at radius 3 is 2.67 bits per heavy atom. The number of anilines is 1. The summed E-state index contributed by atoms with van der Waals surface area (Å²) in [4.78, 5) is 25.5. The van der Waals surface area contributed by atoms with Crippen molar-refractivity contribution in [2.24, 2.45) is 0 Å². The van der Waals surface area contributed by atoms with Crippen molar-refractivity contribution in [3.05, 3.63) is 54.9 Å². The molecule has 0 bridgehead atoms. The molecule has 0 N–H and O–H groups in total. The first-order chi connectivity index (χ1) is 10.2. The third kappa shape index (κ3) is 2.23. The molecule has 0 unspecified atom stereocenters. The average molecular weight is 348 g/mol. The predicted octanol–water partition coefficient (Wildman–Crippen LogP) is 0.849. The number of benzene rings is 1. The van der Waals surface area contributed by atoms with Crippen LogP contribution in [0.25, 0.3) is 6.08 Å². The van der Waals surface area contributed by atoms with Crippen LogP contribution < -0.4 is 25.0 Å². The Morgan fingerprint density at radius 2 is 1.95 bits per heavy atom. The number of hydrogen-bond acceptors (Lipinski definition) is 4. The second-order valence-electron chi connectivity index (χ2n) is 4.63. The van der Waals surface area contributed by atoms with E-state index in [0.717, 1.165) is 11.1 Å². The number of hydrogen-bond donors (Lipinski definition) is 0. The molecular weight excluding hydrogens is 333 g/mol. The van der Waals surface area contributed by atoms with Gasteiger partial charge in [0.25, 0.3) is 0 Å². The van der Waals surface area contributed by atoms with Crippen LogP contribution in [0.3, 0.4) is 0 Å². The molecule has 0 saturated carbocycles. The quantitative estimate of drug-likeness (QED) is 0.607.